The fraction of sp³-hybridized carbons (Fsp3) is 1.00. The molecular weight excluding hydrogens is 126 g/mol. The first-order chi connectivity index (χ1) is 3.66. The second-order valence-electron chi connectivity index (χ2n) is 1.63. The van der Waals surface area contributed by atoms with E-state index in [2.05, 4.69) is 0 Å². The van der Waals surface area contributed by atoms with Crippen molar-refractivity contribution >= 4 is 10.8 Å². The fourth-order valence-electron chi connectivity index (χ4n) is 0.339. The zero-order valence-corrected chi connectivity index (χ0v) is 5.65. The highest BCUT2D eigenvalue weighted by molar-refractivity contribution is 7.84. The molecule has 1 unspecified atom stereocenters. The summed E-state index contributed by atoms with van der Waals surface area (Å²) in [4.78, 5) is 0. The molecule has 0 spiro atoms. The van der Waals surface area contributed by atoms with Crippen molar-refractivity contribution in [3.63, 3.8) is 0 Å². The average Bonchev–Trinajstić information content (AvgIpc) is 1.65. The Hall–Kier alpha value is 0.0700. The first-order valence-electron chi connectivity index (χ1n) is 2.35. The summed E-state index contributed by atoms with van der Waals surface area (Å²) in [6, 6.07) is 0. The third kappa shape index (κ3) is 4.23. The molecule has 0 aliphatic heterocycles. The Balaban J connectivity index is 3.24. The van der Waals surface area contributed by atoms with Gasteiger partial charge >= 0.3 is 0 Å². The molecule has 0 aromatic carbocycles. The van der Waals surface area contributed by atoms with Gasteiger partial charge in [-0.05, 0) is 0 Å². The molecular formula is C4H11NO2S. The van der Waals surface area contributed by atoms with Crippen LogP contribution in [0.2, 0.25) is 0 Å². The molecule has 0 aliphatic rings. The van der Waals surface area contributed by atoms with Gasteiger partial charge in [-0.15, -0.1) is 0 Å². The maximum Gasteiger partial charge on any atom is 0.0777 e. The number of aliphatic hydroxyl groups excluding tert-OH is 1. The Bertz CT molecular complexity index is 86.1. The van der Waals surface area contributed by atoms with Gasteiger partial charge in [0.2, 0.25) is 0 Å². The molecule has 0 amide bonds. The summed E-state index contributed by atoms with van der Waals surface area (Å²) in [5, 5.41) is 8.71. The van der Waals surface area contributed by atoms with Crippen molar-refractivity contribution < 1.29 is 9.32 Å². The molecule has 0 fully saturated rings. The number of hydrogen-bond acceptors (Lipinski definition) is 3. The molecule has 4 heteroatoms. The Morgan fingerprint density at radius 3 is 2.50 bits per heavy atom. The highest BCUT2D eigenvalue weighted by Crippen LogP contribution is 1.81. The smallest absolute Gasteiger partial charge is 0.0777 e. The van der Waals surface area contributed by atoms with E-state index in [4.69, 9.17) is 10.8 Å². The van der Waals surface area contributed by atoms with Gasteiger partial charge in [-0.3, -0.25) is 4.21 Å². The lowest BCUT2D eigenvalue weighted by Gasteiger charge is -2.02. The Morgan fingerprint density at radius 2 is 2.38 bits per heavy atom. The van der Waals surface area contributed by atoms with Crippen LogP contribution in [-0.2, 0) is 10.8 Å². The van der Waals surface area contributed by atoms with E-state index in [1.54, 1.807) is 6.26 Å². The minimum atomic E-state index is -0.926. The van der Waals surface area contributed by atoms with Crippen LogP contribution in [0.1, 0.15) is 0 Å². The topological polar surface area (TPSA) is 63.3 Å². The molecule has 0 aliphatic carbocycles. The van der Waals surface area contributed by atoms with Gasteiger partial charge in [-0.25, -0.2) is 0 Å². The van der Waals surface area contributed by atoms with Crippen molar-refractivity contribution in [1.29, 1.82) is 0 Å². The number of nitrogens with two attached hydrogens (primary N) is 1. The van der Waals surface area contributed by atoms with Gasteiger partial charge in [0.25, 0.3) is 0 Å². The standard InChI is InChI=1S/C4H11NO2S/c1-8(7)3-4(6)2-5/h4,6H,2-3,5H2,1H3/t4-,8?/m0/s1. The lowest BCUT2D eigenvalue weighted by Crippen LogP contribution is -2.25. The Kier molecular flexibility index (Phi) is 4.03. The van der Waals surface area contributed by atoms with Gasteiger partial charge in [-0.1, -0.05) is 0 Å². The maximum atomic E-state index is 10.3. The van der Waals surface area contributed by atoms with E-state index in [-0.39, 0.29) is 12.3 Å². The predicted octanol–water partition coefficient (Wildman–Crippen LogP) is -1.32. The zero-order chi connectivity index (χ0) is 6.57. The van der Waals surface area contributed by atoms with E-state index in [0.717, 1.165) is 0 Å². The summed E-state index contributed by atoms with van der Waals surface area (Å²) >= 11 is 0. The fourth-order valence-corrected chi connectivity index (χ4v) is 1.02. The molecule has 0 radical (unpaired) electrons. The molecule has 8 heavy (non-hydrogen) atoms. The first kappa shape index (κ1) is 8.07. The minimum Gasteiger partial charge on any atom is -0.391 e. The van der Waals surface area contributed by atoms with Crippen LogP contribution in [0.5, 0.6) is 0 Å². The van der Waals surface area contributed by atoms with Crippen molar-refractivity contribution in [2.45, 2.75) is 6.10 Å². The van der Waals surface area contributed by atoms with Crippen LogP contribution in [-0.4, -0.2) is 34.0 Å². The van der Waals surface area contributed by atoms with Crippen LogP contribution < -0.4 is 5.73 Å². The van der Waals surface area contributed by atoms with Crippen LogP contribution in [0, 0.1) is 0 Å². The van der Waals surface area contributed by atoms with Crippen molar-refractivity contribution in [3.8, 4) is 0 Å². The van der Waals surface area contributed by atoms with Gasteiger partial charge in [0.1, 0.15) is 0 Å². The third-order valence-electron chi connectivity index (χ3n) is 0.699. The summed E-state index contributed by atoms with van der Waals surface area (Å²) in [7, 11) is -0.926. The molecule has 0 aromatic rings. The van der Waals surface area contributed by atoms with Crippen LogP contribution in [0.4, 0.5) is 0 Å². The molecule has 0 heterocycles. The Labute approximate surface area is 51.3 Å². The van der Waals surface area contributed by atoms with E-state index in [1.807, 2.05) is 0 Å². The van der Waals surface area contributed by atoms with E-state index in [0.29, 0.717) is 0 Å². The van der Waals surface area contributed by atoms with E-state index < -0.39 is 16.9 Å². The Morgan fingerprint density at radius 1 is 1.88 bits per heavy atom. The summed E-state index contributed by atoms with van der Waals surface area (Å²) in [5.41, 5.74) is 5.04. The maximum absolute atomic E-state index is 10.3. The lowest BCUT2D eigenvalue weighted by molar-refractivity contribution is 0.207. The van der Waals surface area contributed by atoms with Crippen molar-refractivity contribution in [2.24, 2.45) is 5.73 Å². The van der Waals surface area contributed by atoms with Gasteiger partial charge in [0, 0.05) is 23.6 Å². The van der Waals surface area contributed by atoms with E-state index >= 15 is 0 Å². The number of hydrogen-bond donors (Lipinski definition) is 2. The molecule has 0 saturated carbocycles. The highest BCUT2D eigenvalue weighted by Gasteiger charge is 2.01. The third-order valence-corrected chi connectivity index (χ3v) is 1.55. The largest absolute Gasteiger partial charge is 0.391 e. The van der Waals surface area contributed by atoms with Crippen LogP contribution >= 0.6 is 0 Å². The van der Waals surface area contributed by atoms with Gasteiger partial charge in [-0.2, -0.15) is 0 Å². The molecule has 0 aromatic heterocycles. The number of aliphatic hydroxyl groups is 1. The van der Waals surface area contributed by atoms with Crippen molar-refractivity contribution in [2.75, 3.05) is 18.6 Å². The molecule has 2 atom stereocenters. The summed E-state index contributed by atoms with van der Waals surface area (Å²) in [5.74, 6) is 0.288. The normalized spacial score (nSPS) is 17.9. The second kappa shape index (κ2) is 4.00. The zero-order valence-electron chi connectivity index (χ0n) is 4.83. The van der Waals surface area contributed by atoms with Crippen molar-refractivity contribution in [3.05, 3.63) is 0 Å². The van der Waals surface area contributed by atoms with Crippen LogP contribution in [0.25, 0.3) is 0 Å². The molecule has 3 N–H and O–H groups in total. The van der Waals surface area contributed by atoms with Gasteiger partial charge < -0.3 is 10.8 Å². The first-order valence-corrected chi connectivity index (χ1v) is 4.07. The predicted molar refractivity (Wildman–Crippen MR) is 34.0 cm³/mol. The highest BCUT2D eigenvalue weighted by atomic mass is 32.2. The molecule has 50 valence electrons. The minimum absolute atomic E-state index is 0.194. The molecule has 0 saturated heterocycles. The van der Waals surface area contributed by atoms with E-state index in [1.165, 1.54) is 0 Å². The van der Waals surface area contributed by atoms with Gasteiger partial charge in [0.15, 0.2) is 0 Å². The molecule has 0 rings (SSSR count). The van der Waals surface area contributed by atoms with Gasteiger partial charge in [0.05, 0.1) is 11.9 Å². The second-order valence-corrected chi connectivity index (χ2v) is 3.11. The van der Waals surface area contributed by atoms with E-state index in [9.17, 15) is 4.21 Å². The molecule has 3 nitrogen and oxygen atoms in total. The SMILES string of the molecule is CS(=O)C[C@@H](O)CN. The quantitative estimate of drug-likeness (QED) is 0.507. The summed E-state index contributed by atoms with van der Waals surface area (Å²) in [6.45, 7) is 0.194. The average molecular weight is 137 g/mol. The van der Waals surface area contributed by atoms with Crippen LogP contribution in [0.3, 0.4) is 0 Å². The summed E-state index contributed by atoms with van der Waals surface area (Å²) < 4.78 is 10.3. The lowest BCUT2D eigenvalue weighted by atomic mass is 10.4. The van der Waals surface area contributed by atoms with Crippen molar-refractivity contribution in [1.82, 2.24) is 0 Å². The molecule has 0 bridgehead atoms. The van der Waals surface area contributed by atoms with Crippen LogP contribution in [0.15, 0.2) is 0 Å². The monoisotopic (exact) mass is 137 g/mol. The summed E-state index contributed by atoms with van der Waals surface area (Å²) in [6.07, 6.45) is 0.944. The number of rotatable bonds is 3.